The summed E-state index contributed by atoms with van der Waals surface area (Å²) in [5, 5.41) is 9.27. The summed E-state index contributed by atoms with van der Waals surface area (Å²) in [6, 6.07) is 10.7. The van der Waals surface area contributed by atoms with Crippen molar-refractivity contribution in [3.05, 3.63) is 64.5 Å². The molecule has 2 aromatic rings. The number of pyridine rings is 1. The zero-order chi connectivity index (χ0) is 23.7. The number of hydrogen-bond donors (Lipinski definition) is 1. The third-order valence-electron chi connectivity index (χ3n) is 7.35. The van der Waals surface area contributed by atoms with Crippen molar-refractivity contribution < 1.29 is 13.6 Å². The molecule has 4 atom stereocenters. The quantitative estimate of drug-likeness (QED) is 0.729. The average Bonchev–Trinajstić information content (AvgIpc) is 3.42. The maximum absolute atomic E-state index is 14.8. The summed E-state index contributed by atoms with van der Waals surface area (Å²) in [5.41, 5.74) is 8.88. The van der Waals surface area contributed by atoms with Gasteiger partial charge in [0.15, 0.2) is 5.17 Å². The number of rotatable bonds is 3. The van der Waals surface area contributed by atoms with Crippen LogP contribution in [0.3, 0.4) is 0 Å². The van der Waals surface area contributed by atoms with Crippen molar-refractivity contribution in [3.63, 3.8) is 0 Å². The van der Waals surface area contributed by atoms with E-state index in [1.165, 1.54) is 36.2 Å². The highest BCUT2D eigenvalue weighted by Gasteiger charge is 2.74. The Bertz CT molecular complexity index is 1320. The Balaban J connectivity index is 1.30. The third-order valence-corrected chi connectivity index (χ3v) is 8.64. The van der Waals surface area contributed by atoms with E-state index >= 15 is 0 Å². The summed E-state index contributed by atoms with van der Waals surface area (Å²) >= 11 is 1.31. The predicted molar refractivity (Wildman–Crippen MR) is 126 cm³/mol. The first-order valence-corrected chi connectivity index (χ1v) is 12.0. The van der Waals surface area contributed by atoms with E-state index < -0.39 is 22.3 Å². The topological polar surface area (TPSA) is 95.4 Å². The summed E-state index contributed by atoms with van der Waals surface area (Å²) in [6.07, 6.45) is 3.48. The lowest BCUT2D eigenvalue weighted by molar-refractivity contribution is -0.131. The Kier molecular flexibility index (Phi) is 4.62. The van der Waals surface area contributed by atoms with Gasteiger partial charge in [-0.05, 0) is 53.8 Å². The van der Waals surface area contributed by atoms with Gasteiger partial charge in [-0.15, -0.1) is 0 Å². The highest BCUT2D eigenvalue weighted by molar-refractivity contribution is 8.15. The number of nitrogens with two attached hydrogens (primary N) is 1. The van der Waals surface area contributed by atoms with Gasteiger partial charge in [-0.2, -0.15) is 5.26 Å². The molecule has 0 unspecified atom stereocenters. The smallest absolute Gasteiger partial charge is 0.239 e. The predicted octanol–water partition coefficient (Wildman–Crippen LogP) is 3.56. The Morgan fingerprint density at radius 2 is 2.21 bits per heavy atom. The van der Waals surface area contributed by atoms with Gasteiger partial charge in [0.05, 0.1) is 23.3 Å². The fourth-order valence-corrected chi connectivity index (χ4v) is 6.98. The van der Waals surface area contributed by atoms with Crippen LogP contribution in [0, 0.1) is 17.2 Å². The lowest BCUT2D eigenvalue weighted by Gasteiger charge is -2.45. The minimum absolute atomic E-state index is 0.0137. The molecular formula is C25H21F2N5OS. The van der Waals surface area contributed by atoms with Gasteiger partial charge in [0.1, 0.15) is 22.8 Å². The maximum Gasteiger partial charge on any atom is 0.239 e. The molecule has 1 saturated heterocycles. The molecule has 0 radical (unpaired) electrons. The number of amides is 1. The highest BCUT2D eigenvalue weighted by Crippen LogP contribution is 2.70. The first-order valence-electron chi connectivity index (χ1n) is 11.2. The van der Waals surface area contributed by atoms with E-state index in [0.29, 0.717) is 42.1 Å². The van der Waals surface area contributed by atoms with Crippen molar-refractivity contribution in [1.82, 2.24) is 9.88 Å². The van der Waals surface area contributed by atoms with Gasteiger partial charge in [-0.25, -0.2) is 8.78 Å². The number of alkyl halides is 1. The Labute approximate surface area is 199 Å². The molecule has 2 fully saturated rings. The molecule has 1 saturated carbocycles. The largest absolute Gasteiger partial charge is 0.378 e. The van der Waals surface area contributed by atoms with Crippen LogP contribution in [0.2, 0.25) is 0 Å². The second kappa shape index (κ2) is 7.37. The monoisotopic (exact) mass is 477 g/mol. The number of carbonyl (C=O) groups excluding carboxylic acids is 1. The van der Waals surface area contributed by atoms with Gasteiger partial charge in [0.2, 0.25) is 5.91 Å². The normalized spacial score (nSPS) is 31.3. The Morgan fingerprint density at radius 3 is 2.91 bits per heavy atom. The van der Waals surface area contributed by atoms with Gasteiger partial charge in [-0.1, -0.05) is 23.9 Å². The molecule has 172 valence electrons. The van der Waals surface area contributed by atoms with Crippen LogP contribution in [0.1, 0.15) is 40.8 Å². The number of thioether (sulfide) groups is 1. The van der Waals surface area contributed by atoms with Crippen LogP contribution in [0.5, 0.6) is 0 Å². The molecule has 1 aromatic heterocycles. The molecule has 6 rings (SSSR count). The number of fused-ring (bicyclic) bond motifs is 4. The fraction of sp³-hybridized carbons (Fsp3) is 0.360. The van der Waals surface area contributed by atoms with Gasteiger partial charge in [-0.3, -0.25) is 14.8 Å². The number of nitriles is 1. The number of benzene rings is 1. The number of aliphatic imine (C=N–C) groups is 1. The van der Waals surface area contributed by atoms with Crippen molar-refractivity contribution in [2.24, 2.45) is 16.6 Å². The van der Waals surface area contributed by atoms with E-state index in [-0.39, 0.29) is 24.1 Å². The molecule has 1 spiro atoms. The molecule has 1 amide bonds. The molecule has 1 aromatic carbocycles. The van der Waals surface area contributed by atoms with Crippen molar-refractivity contribution in [2.75, 3.05) is 13.1 Å². The molecule has 2 N–H and O–H groups in total. The Morgan fingerprint density at radius 1 is 1.35 bits per heavy atom. The first kappa shape index (κ1) is 21.3. The maximum atomic E-state index is 14.8. The molecule has 2 aliphatic carbocycles. The number of likely N-dealkylation sites (tertiary alicyclic amines) is 1. The van der Waals surface area contributed by atoms with Crippen LogP contribution in [0.15, 0.2) is 41.5 Å². The summed E-state index contributed by atoms with van der Waals surface area (Å²) < 4.78 is 27.9. The zero-order valence-electron chi connectivity index (χ0n) is 18.2. The summed E-state index contributed by atoms with van der Waals surface area (Å²) in [6.45, 7) is 0.583. The van der Waals surface area contributed by atoms with Crippen molar-refractivity contribution >= 4 is 34.7 Å². The number of nitrogens with zero attached hydrogens (tertiary/aromatic N) is 4. The van der Waals surface area contributed by atoms with Gasteiger partial charge < -0.3 is 10.6 Å². The molecule has 0 bridgehead atoms. The lowest BCUT2D eigenvalue weighted by Crippen LogP contribution is -2.50. The second-order valence-electron chi connectivity index (χ2n) is 9.39. The molecule has 34 heavy (non-hydrogen) atoms. The number of halogens is 2. The molecule has 6 nitrogen and oxygen atoms in total. The third kappa shape index (κ3) is 3.08. The van der Waals surface area contributed by atoms with Gasteiger partial charge in [0, 0.05) is 25.1 Å². The number of carbonyl (C=O) groups is 1. The molecule has 4 aliphatic rings. The van der Waals surface area contributed by atoms with Crippen LogP contribution in [0.25, 0.3) is 11.9 Å². The van der Waals surface area contributed by atoms with Gasteiger partial charge >= 0.3 is 0 Å². The summed E-state index contributed by atoms with van der Waals surface area (Å²) in [4.78, 5) is 23.8. The first-order chi connectivity index (χ1) is 16.3. The number of hydrogen-bond acceptors (Lipinski definition) is 6. The van der Waals surface area contributed by atoms with Crippen LogP contribution < -0.4 is 5.73 Å². The van der Waals surface area contributed by atoms with E-state index in [9.17, 15) is 13.6 Å². The number of amidine groups is 1. The summed E-state index contributed by atoms with van der Waals surface area (Å²) in [7, 11) is 0. The van der Waals surface area contributed by atoms with E-state index in [4.69, 9.17) is 16.0 Å². The molecule has 9 heteroatoms. The average molecular weight is 478 g/mol. The van der Waals surface area contributed by atoms with Crippen molar-refractivity contribution in [1.29, 1.82) is 5.26 Å². The van der Waals surface area contributed by atoms with Gasteiger partial charge in [0.25, 0.3) is 0 Å². The fourth-order valence-electron chi connectivity index (χ4n) is 5.60. The summed E-state index contributed by atoms with van der Waals surface area (Å²) in [5.74, 6) is -0.562. The van der Waals surface area contributed by atoms with Crippen molar-refractivity contribution in [2.45, 2.75) is 35.7 Å². The minimum atomic E-state index is -0.967. The van der Waals surface area contributed by atoms with E-state index in [1.54, 1.807) is 4.90 Å². The SMILES string of the molecule is N#Cc1ccc(/C(F)=C/c2ccc3c(c2)[C@@]2(C3)N=C(N)S[C@@]3(C(=O)N4CC[C@@H](F)C4)C[C@H]32)nc1. The molecule has 3 heterocycles. The molecule has 2 aliphatic heterocycles. The van der Waals surface area contributed by atoms with Crippen LogP contribution in [-0.2, 0) is 16.8 Å². The zero-order valence-corrected chi connectivity index (χ0v) is 19.0. The van der Waals surface area contributed by atoms with Crippen LogP contribution in [-0.4, -0.2) is 45.0 Å². The number of aromatic nitrogens is 1. The standard InChI is InChI=1S/C25H21F2N5OS/c26-17-5-6-32(13-17)22(33)25-10-21(25)24(31-23(29)34-25)9-16-3-1-14(7-18(16)24)8-19(27)20-4-2-15(11-28)12-30-20/h1-4,7-8,12,17,21H,5-6,9-10,13H2,(H2,29,31)/b19-8-/t17-,21+,24-,25+/m1/s1. The second-order valence-corrected chi connectivity index (χ2v) is 10.7. The lowest BCUT2D eigenvalue weighted by atomic mass is 9.66. The Hall–Kier alpha value is -3.25. The highest BCUT2D eigenvalue weighted by atomic mass is 32.2. The van der Waals surface area contributed by atoms with Crippen LogP contribution in [0.4, 0.5) is 8.78 Å². The van der Waals surface area contributed by atoms with E-state index in [1.807, 2.05) is 24.3 Å². The molecular weight excluding hydrogens is 456 g/mol. The van der Waals surface area contributed by atoms with Crippen LogP contribution >= 0.6 is 11.8 Å². The minimum Gasteiger partial charge on any atom is -0.378 e. The van der Waals surface area contributed by atoms with E-state index in [0.717, 1.165) is 11.1 Å². The van der Waals surface area contributed by atoms with E-state index in [2.05, 4.69) is 4.98 Å². The van der Waals surface area contributed by atoms with Crippen molar-refractivity contribution in [3.8, 4) is 6.07 Å².